The molecule has 5 aromatic rings. The van der Waals surface area contributed by atoms with Crippen LogP contribution in [0, 0.1) is 0 Å². The Bertz CT molecular complexity index is 1570. The first-order valence-electron chi connectivity index (χ1n) is 12.6. The number of nitrogens with one attached hydrogen (secondary N) is 1. The van der Waals surface area contributed by atoms with Gasteiger partial charge in [0.1, 0.15) is 17.2 Å². The third kappa shape index (κ3) is 6.91. The molecule has 2 aromatic heterocycles. The van der Waals surface area contributed by atoms with Crippen molar-refractivity contribution < 1.29 is 14.3 Å². The van der Waals surface area contributed by atoms with Crippen molar-refractivity contribution in [3.05, 3.63) is 109 Å². The molecule has 0 aliphatic rings. The van der Waals surface area contributed by atoms with Gasteiger partial charge in [-0.1, -0.05) is 42.1 Å². The Morgan fingerprint density at radius 1 is 0.950 bits per heavy atom. The number of benzene rings is 3. The standard InChI is InChI=1S/C30H26N6O3S/c1-2-38-25-15-13-24(14-16-25)36-29(23-9-7-17-31-20-23)34-35-30(36)40-21-28(37)33-32-19-22-8-6-12-27(18-22)39-26-10-4-3-5-11-26/h3-20H,2,21H2,1H3,(H,33,37)/b32-19-. The lowest BCUT2D eigenvalue weighted by Crippen LogP contribution is -2.20. The summed E-state index contributed by atoms with van der Waals surface area (Å²) in [6.07, 6.45) is 5.00. The minimum atomic E-state index is -0.276. The van der Waals surface area contributed by atoms with Crippen LogP contribution < -0.4 is 14.9 Å². The van der Waals surface area contributed by atoms with Gasteiger partial charge in [-0.2, -0.15) is 5.10 Å². The first-order chi connectivity index (χ1) is 19.7. The van der Waals surface area contributed by atoms with E-state index in [-0.39, 0.29) is 11.7 Å². The predicted molar refractivity (Wildman–Crippen MR) is 155 cm³/mol. The van der Waals surface area contributed by atoms with E-state index in [9.17, 15) is 4.79 Å². The summed E-state index contributed by atoms with van der Waals surface area (Å²) in [4.78, 5) is 16.8. The molecule has 0 spiro atoms. The lowest BCUT2D eigenvalue weighted by atomic mass is 10.2. The van der Waals surface area contributed by atoms with Gasteiger partial charge in [0.2, 0.25) is 0 Å². The molecule has 10 heteroatoms. The van der Waals surface area contributed by atoms with Gasteiger partial charge in [0, 0.05) is 23.6 Å². The van der Waals surface area contributed by atoms with Crippen molar-refractivity contribution in [3.63, 3.8) is 0 Å². The van der Waals surface area contributed by atoms with Gasteiger partial charge >= 0.3 is 0 Å². The number of thioether (sulfide) groups is 1. The zero-order chi connectivity index (χ0) is 27.6. The van der Waals surface area contributed by atoms with Gasteiger partial charge in [0.05, 0.1) is 18.6 Å². The molecule has 1 amide bonds. The quantitative estimate of drug-likeness (QED) is 0.127. The summed E-state index contributed by atoms with van der Waals surface area (Å²) < 4.78 is 13.3. The Labute approximate surface area is 235 Å². The second-order valence-corrected chi connectivity index (χ2v) is 9.32. The highest BCUT2D eigenvalue weighted by Crippen LogP contribution is 2.28. The molecule has 0 radical (unpaired) electrons. The van der Waals surface area contributed by atoms with Crippen molar-refractivity contribution in [2.24, 2.45) is 5.10 Å². The molecule has 0 aliphatic heterocycles. The third-order valence-corrected chi connectivity index (χ3v) is 6.46. The Morgan fingerprint density at radius 3 is 2.55 bits per heavy atom. The lowest BCUT2D eigenvalue weighted by molar-refractivity contribution is -0.118. The number of carbonyl (C=O) groups excluding carboxylic acids is 1. The number of rotatable bonds is 11. The van der Waals surface area contributed by atoms with Crippen LogP contribution in [0.1, 0.15) is 12.5 Å². The van der Waals surface area contributed by atoms with Crippen LogP contribution in [-0.2, 0) is 4.79 Å². The molecule has 200 valence electrons. The average molecular weight is 551 g/mol. The summed E-state index contributed by atoms with van der Waals surface area (Å²) in [5.41, 5.74) is 5.01. The second kappa shape index (κ2) is 13.2. The van der Waals surface area contributed by atoms with Gasteiger partial charge in [0.25, 0.3) is 5.91 Å². The van der Waals surface area contributed by atoms with Gasteiger partial charge in [-0.3, -0.25) is 14.3 Å². The zero-order valence-corrected chi connectivity index (χ0v) is 22.5. The molecule has 0 unspecified atom stereocenters. The van der Waals surface area contributed by atoms with Crippen LogP contribution in [0.4, 0.5) is 0 Å². The number of hydrazone groups is 1. The molecule has 0 saturated carbocycles. The minimum Gasteiger partial charge on any atom is -0.494 e. The molecule has 1 N–H and O–H groups in total. The Balaban J connectivity index is 1.25. The maximum atomic E-state index is 12.6. The van der Waals surface area contributed by atoms with Crippen molar-refractivity contribution in [1.29, 1.82) is 0 Å². The van der Waals surface area contributed by atoms with Gasteiger partial charge < -0.3 is 9.47 Å². The fraction of sp³-hybridized carbons (Fsp3) is 0.100. The van der Waals surface area contributed by atoms with E-state index in [4.69, 9.17) is 9.47 Å². The molecule has 3 aromatic carbocycles. The monoisotopic (exact) mass is 550 g/mol. The van der Waals surface area contributed by atoms with Crippen molar-refractivity contribution in [2.75, 3.05) is 12.4 Å². The molecular formula is C30H26N6O3S. The molecule has 9 nitrogen and oxygen atoms in total. The topological polar surface area (TPSA) is 104 Å². The summed E-state index contributed by atoms with van der Waals surface area (Å²) in [7, 11) is 0. The van der Waals surface area contributed by atoms with E-state index in [1.165, 1.54) is 11.8 Å². The van der Waals surface area contributed by atoms with E-state index in [1.54, 1.807) is 18.6 Å². The summed E-state index contributed by atoms with van der Waals surface area (Å²) in [6, 6.07) is 28.4. The Kier molecular flexibility index (Phi) is 8.80. The van der Waals surface area contributed by atoms with Gasteiger partial charge in [0.15, 0.2) is 11.0 Å². The number of hydrogen-bond donors (Lipinski definition) is 1. The fourth-order valence-electron chi connectivity index (χ4n) is 3.76. The number of carbonyl (C=O) groups is 1. The molecule has 0 bridgehead atoms. The van der Waals surface area contributed by atoms with Crippen LogP contribution in [0.2, 0.25) is 0 Å². The van der Waals surface area contributed by atoms with Crippen molar-refractivity contribution >= 4 is 23.9 Å². The van der Waals surface area contributed by atoms with E-state index in [0.29, 0.717) is 23.3 Å². The molecule has 2 heterocycles. The third-order valence-electron chi connectivity index (χ3n) is 5.53. The lowest BCUT2D eigenvalue weighted by Gasteiger charge is -2.11. The highest BCUT2D eigenvalue weighted by Gasteiger charge is 2.17. The first-order valence-corrected chi connectivity index (χ1v) is 13.5. The van der Waals surface area contributed by atoms with E-state index in [0.717, 1.165) is 28.3 Å². The summed E-state index contributed by atoms with van der Waals surface area (Å²) >= 11 is 1.26. The number of aromatic nitrogens is 4. The maximum Gasteiger partial charge on any atom is 0.250 e. The first kappa shape index (κ1) is 26.6. The van der Waals surface area contributed by atoms with Crippen LogP contribution in [0.15, 0.2) is 114 Å². The van der Waals surface area contributed by atoms with Crippen LogP contribution >= 0.6 is 11.8 Å². The number of amides is 1. The van der Waals surface area contributed by atoms with E-state index in [1.807, 2.05) is 102 Å². The highest BCUT2D eigenvalue weighted by atomic mass is 32.2. The van der Waals surface area contributed by atoms with Crippen molar-refractivity contribution in [1.82, 2.24) is 25.2 Å². The van der Waals surface area contributed by atoms with Crippen LogP contribution in [0.25, 0.3) is 17.1 Å². The molecule has 0 aliphatic carbocycles. The van der Waals surface area contributed by atoms with Crippen molar-refractivity contribution in [2.45, 2.75) is 12.1 Å². The Morgan fingerprint density at radius 2 is 1.77 bits per heavy atom. The Hall–Kier alpha value is -4.96. The molecular weight excluding hydrogens is 524 g/mol. The molecule has 0 atom stereocenters. The normalized spacial score (nSPS) is 10.9. The number of nitrogens with zero attached hydrogens (tertiary/aromatic N) is 5. The summed E-state index contributed by atoms with van der Waals surface area (Å²) in [5, 5.41) is 13.4. The number of hydrogen-bond acceptors (Lipinski definition) is 8. The maximum absolute atomic E-state index is 12.6. The SMILES string of the molecule is CCOc1ccc(-n2c(SCC(=O)N/N=C\c3cccc(Oc4ccccc4)c3)nnc2-c2cccnc2)cc1. The number of ether oxygens (including phenoxy) is 2. The smallest absolute Gasteiger partial charge is 0.250 e. The van der Waals surface area contributed by atoms with E-state index >= 15 is 0 Å². The number of pyridine rings is 1. The van der Waals surface area contributed by atoms with Crippen LogP contribution in [0.3, 0.4) is 0 Å². The van der Waals surface area contributed by atoms with Gasteiger partial charge in [-0.25, -0.2) is 5.43 Å². The van der Waals surface area contributed by atoms with Crippen LogP contribution in [0.5, 0.6) is 17.2 Å². The van der Waals surface area contributed by atoms with Crippen LogP contribution in [-0.4, -0.2) is 44.2 Å². The van der Waals surface area contributed by atoms with E-state index in [2.05, 4.69) is 25.7 Å². The van der Waals surface area contributed by atoms with E-state index < -0.39 is 0 Å². The molecule has 40 heavy (non-hydrogen) atoms. The minimum absolute atomic E-state index is 0.0939. The average Bonchev–Trinajstić information content (AvgIpc) is 3.42. The molecule has 0 saturated heterocycles. The fourth-order valence-corrected chi connectivity index (χ4v) is 4.50. The van der Waals surface area contributed by atoms with Gasteiger partial charge in [-0.15, -0.1) is 10.2 Å². The van der Waals surface area contributed by atoms with Gasteiger partial charge in [-0.05, 0) is 73.2 Å². The highest BCUT2D eigenvalue weighted by molar-refractivity contribution is 7.99. The summed E-state index contributed by atoms with van der Waals surface area (Å²) in [5.74, 6) is 2.63. The molecule has 5 rings (SSSR count). The van der Waals surface area contributed by atoms with Crippen molar-refractivity contribution in [3.8, 4) is 34.3 Å². The molecule has 0 fully saturated rings. The zero-order valence-electron chi connectivity index (χ0n) is 21.7. The second-order valence-electron chi connectivity index (χ2n) is 8.38. The largest absolute Gasteiger partial charge is 0.494 e. The predicted octanol–water partition coefficient (Wildman–Crippen LogP) is 5.76. The summed E-state index contributed by atoms with van der Waals surface area (Å²) in [6.45, 7) is 2.52. The number of para-hydroxylation sites is 1.